The average molecular weight is 314 g/mol. The molecular formula is C15H18N6O2. The van der Waals surface area contributed by atoms with Crippen molar-refractivity contribution in [2.75, 3.05) is 28.6 Å². The third kappa shape index (κ3) is 3.10. The van der Waals surface area contributed by atoms with E-state index < -0.39 is 0 Å². The Kier molecular flexibility index (Phi) is 3.88. The van der Waals surface area contributed by atoms with Crippen LogP contribution in [0.25, 0.3) is 0 Å². The Morgan fingerprint density at radius 1 is 1.30 bits per heavy atom. The number of anilines is 3. The number of hydrogen-bond donors (Lipinski definition) is 4. The fourth-order valence-corrected chi connectivity index (χ4v) is 2.48. The number of carbonyl (C=O) groups excluding carboxylic acids is 2. The number of hydrogen-bond acceptors (Lipinski definition) is 3. The third-order valence-electron chi connectivity index (χ3n) is 3.64. The van der Waals surface area contributed by atoms with Crippen molar-refractivity contribution in [3.63, 3.8) is 0 Å². The minimum Gasteiger partial charge on any atom is -0.336 e. The Bertz CT molecular complexity index is 735. The molecule has 0 aliphatic carbocycles. The number of benzene rings is 1. The Hall–Kier alpha value is -3.03. The highest BCUT2D eigenvalue weighted by Crippen LogP contribution is 2.22. The number of carbonyl (C=O) groups is 2. The van der Waals surface area contributed by atoms with Gasteiger partial charge >= 0.3 is 12.1 Å². The third-order valence-corrected chi connectivity index (χ3v) is 3.64. The van der Waals surface area contributed by atoms with E-state index in [2.05, 4.69) is 26.1 Å². The number of urea groups is 2. The van der Waals surface area contributed by atoms with Crippen molar-refractivity contribution < 1.29 is 9.59 Å². The fourth-order valence-electron chi connectivity index (χ4n) is 2.48. The van der Waals surface area contributed by atoms with Gasteiger partial charge in [-0.2, -0.15) is 5.10 Å². The Morgan fingerprint density at radius 2 is 2.13 bits per heavy atom. The molecule has 2 heterocycles. The van der Waals surface area contributed by atoms with E-state index in [0.717, 1.165) is 17.1 Å². The van der Waals surface area contributed by atoms with Gasteiger partial charge in [-0.15, -0.1) is 0 Å². The monoisotopic (exact) mass is 314 g/mol. The van der Waals surface area contributed by atoms with Crippen LogP contribution >= 0.6 is 0 Å². The molecule has 8 nitrogen and oxygen atoms in total. The predicted octanol–water partition coefficient (Wildman–Crippen LogP) is 2.20. The van der Waals surface area contributed by atoms with Gasteiger partial charge in [-0.1, -0.05) is 6.07 Å². The lowest BCUT2D eigenvalue weighted by Gasteiger charge is -2.15. The SMILES string of the molecule is Cc1n[nH]c(C)c1NC(=O)Nc1cccc(N2CCNC2=O)c1. The van der Waals surface area contributed by atoms with Crippen LogP contribution < -0.4 is 20.9 Å². The molecule has 0 radical (unpaired) electrons. The number of aromatic amines is 1. The first kappa shape index (κ1) is 14.9. The number of nitrogens with zero attached hydrogens (tertiary/aromatic N) is 2. The van der Waals surface area contributed by atoms with Gasteiger partial charge in [-0.3, -0.25) is 10.00 Å². The van der Waals surface area contributed by atoms with E-state index in [0.29, 0.717) is 24.5 Å². The Balaban J connectivity index is 1.70. The topological polar surface area (TPSA) is 102 Å². The molecule has 4 N–H and O–H groups in total. The van der Waals surface area contributed by atoms with Gasteiger partial charge < -0.3 is 16.0 Å². The number of rotatable bonds is 3. The highest BCUT2D eigenvalue weighted by molar-refractivity contribution is 6.01. The van der Waals surface area contributed by atoms with Crippen molar-refractivity contribution in [2.45, 2.75) is 13.8 Å². The number of H-pyrrole nitrogens is 1. The summed E-state index contributed by atoms with van der Waals surface area (Å²) in [6.07, 6.45) is 0. The van der Waals surface area contributed by atoms with Crippen LogP contribution in [0.15, 0.2) is 24.3 Å². The Labute approximate surface area is 133 Å². The van der Waals surface area contributed by atoms with Crippen LogP contribution in [-0.4, -0.2) is 35.3 Å². The van der Waals surface area contributed by atoms with Crippen LogP contribution in [0.4, 0.5) is 26.7 Å². The van der Waals surface area contributed by atoms with Gasteiger partial charge in [0.05, 0.1) is 17.1 Å². The van der Waals surface area contributed by atoms with Gasteiger partial charge in [0, 0.05) is 24.5 Å². The first-order chi connectivity index (χ1) is 11.0. The summed E-state index contributed by atoms with van der Waals surface area (Å²) in [5.74, 6) is 0. The summed E-state index contributed by atoms with van der Waals surface area (Å²) in [4.78, 5) is 25.5. The zero-order valence-corrected chi connectivity index (χ0v) is 12.9. The average Bonchev–Trinajstić information content (AvgIpc) is 3.08. The molecule has 0 spiro atoms. The van der Waals surface area contributed by atoms with E-state index in [1.165, 1.54) is 0 Å². The van der Waals surface area contributed by atoms with Crippen LogP contribution in [0, 0.1) is 13.8 Å². The van der Waals surface area contributed by atoms with Crippen molar-refractivity contribution in [2.24, 2.45) is 0 Å². The molecule has 8 heteroatoms. The van der Waals surface area contributed by atoms with Crippen molar-refractivity contribution >= 4 is 29.1 Å². The predicted molar refractivity (Wildman–Crippen MR) is 87.9 cm³/mol. The van der Waals surface area contributed by atoms with E-state index in [1.807, 2.05) is 19.9 Å². The van der Waals surface area contributed by atoms with Crippen molar-refractivity contribution in [1.29, 1.82) is 0 Å². The van der Waals surface area contributed by atoms with E-state index in [4.69, 9.17) is 0 Å². The van der Waals surface area contributed by atoms with Crippen LogP contribution in [0.3, 0.4) is 0 Å². The minimum absolute atomic E-state index is 0.128. The molecule has 0 unspecified atom stereocenters. The number of aryl methyl sites for hydroxylation is 2. The Morgan fingerprint density at radius 3 is 2.78 bits per heavy atom. The second kappa shape index (κ2) is 5.99. The van der Waals surface area contributed by atoms with Gasteiger partial charge in [0.1, 0.15) is 0 Å². The molecule has 1 aliphatic rings. The van der Waals surface area contributed by atoms with Gasteiger partial charge in [-0.05, 0) is 32.0 Å². The highest BCUT2D eigenvalue weighted by atomic mass is 16.2. The maximum Gasteiger partial charge on any atom is 0.323 e. The summed E-state index contributed by atoms with van der Waals surface area (Å²) >= 11 is 0. The second-order valence-electron chi connectivity index (χ2n) is 5.32. The molecule has 3 rings (SSSR count). The first-order valence-corrected chi connectivity index (χ1v) is 7.29. The highest BCUT2D eigenvalue weighted by Gasteiger charge is 2.21. The molecular weight excluding hydrogens is 296 g/mol. The quantitative estimate of drug-likeness (QED) is 0.698. The largest absolute Gasteiger partial charge is 0.336 e. The standard InChI is InChI=1S/C15H18N6O2/c1-9-13(10(2)20-19-9)18-14(22)17-11-4-3-5-12(8-11)21-7-6-16-15(21)23/h3-5,8H,6-7H2,1-2H3,(H,16,23)(H,19,20)(H2,17,18,22). The molecule has 1 aromatic carbocycles. The van der Waals surface area contributed by atoms with Crippen molar-refractivity contribution in [3.8, 4) is 0 Å². The summed E-state index contributed by atoms with van der Waals surface area (Å²) in [5, 5.41) is 15.1. The van der Waals surface area contributed by atoms with Gasteiger partial charge in [-0.25, -0.2) is 9.59 Å². The first-order valence-electron chi connectivity index (χ1n) is 7.29. The van der Waals surface area contributed by atoms with Gasteiger partial charge in [0.15, 0.2) is 0 Å². The molecule has 1 aromatic heterocycles. The summed E-state index contributed by atoms with van der Waals surface area (Å²) in [5.41, 5.74) is 3.53. The van der Waals surface area contributed by atoms with E-state index >= 15 is 0 Å². The molecule has 2 aromatic rings. The molecule has 1 aliphatic heterocycles. The van der Waals surface area contributed by atoms with Crippen LogP contribution in [0.1, 0.15) is 11.4 Å². The lowest BCUT2D eigenvalue weighted by atomic mass is 10.2. The zero-order chi connectivity index (χ0) is 16.4. The summed E-state index contributed by atoms with van der Waals surface area (Å²) in [6.45, 7) is 4.88. The van der Waals surface area contributed by atoms with Crippen molar-refractivity contribution in [3.05, 3.63) is 35.7 Å². The van der Waals surface area contributed by atoms with Gasteiger partial charge in [0.2, 0.25) is 0 Å². The molecule has 1 saturated heterocycles. The maximum absolute atomic E-state index is 12.1. The molecule has 4 amide bonds. The zero-order valence-electron chi connectivity index (χ0n) is 12.9. The molecule has 0 bridgehead atoms. The fraction of sp³-hybridized carbons (Fsp3) is 0.267. The number of nitrogens with one attached hydrogen (secondary N) is 4. The minimum atomic E-state index is -0.361. The lowest BCUT2D eigenvalue weighted by molar-refractivity contribution is 0.252. The van der Waals surface area contributed by atoms with Crippen LogP contribution in [0.2, 0.25) is 0 Å². The normalized spacial score (nSPS) is 13.8. The molecule has 23 heavy (non-hydrogen) atoms. The van der Waals surface area contributed by atoms with Crippen LogP contribution in [0.5, 0.6) is 0 Å². The molecule has 120 valence electrons. The van der Waals surface area contributed by atoms with Gasteiger partial charge in [0.25, 0.3) is 0 Å². The van der Waals surface area contributed by atoms with E-state index in [9.17, 15) is 9.59 Å². The summed E-state index contributed by atoms with van der Waals surface area (Å²) < 4.78 is 0. The van der Waals surface area contributed by atoms with E-state index in [1.54, 1.807) is 23.1 Å². The molecule has 1 fully saturated rings. The lowest BCUT2D eigenvalue weighted by Crippen LogP contribution is -2.27. The number of aromatic nitrogens is 2. The summed E-state index contributed by atoms with van der Waals surface area (Å²) in [6, 6.07) is 6.67. The second-order valence-corrected chi connectivity index (χ2v) is 5.32. The maximum atomic E-state index is 12.1. The summed E-state index contributed by atoms with van der Waals surface area (Å²) in [7, 11) is 0. The van der Waals surface area contributed by atoms with Crippen LogP contribution in [-0.2, 0) is 0 Å². The molecule has 0 atom stereocenters. The van der Waals surface area contributed by atoms with E-state index in [-0.39, 0.29) is 12.1 Å². The molecule has 0 saturated carbocycles. The number of amides is 4. The van der Waals surface area contributed by atoms with Crippen molar-refractivity contribution in [1.82, 2.24) is 15.5 Å². The smallest absolute Gasteiger partial charge is 0.323 e.